The van der Waals surface area contributed by atoms with Crippen molar-refractivity contribution in [3.8, 4) is 0 Å². The average Bonchev–Trinajstić information content (AvgIpc) is 3.21. The number of carbonyl (C=O) groups is 4. The van der Waals surface area contributed by atoms with E-state index in [-0.39, 0.29) is 24.7 Å². The maximum absolute atomic E-state index is 14.0. The van der Waals surface area contributed by atoms with Crippen LogP contribution in [0.3, 0.4) is 0 Å². The van der Waals surface area contributed by atoms with Crippen molar-refractivity contribution in [2.45, 2.75) is 243 Å². The van der Waals surface area contributed by atoms with E-state index in [1.165, 1.54) is 130 Å². The van der Waals surface area contributed by atoms with E-state index >= 15 is 0 Å². The standard InChI is InChI=1S/C45H85N3O10/c1-5-7-9-11-13-15-17-19-21-23-25-27-29-35(30-28-26-24-22-20-18-16-14-12-10-8-6-2)42(54)48-37(33-57-45-41(53)40(52)39(51)34(3)58-45)44(56)47-36(43(55)46-4)31-32-38(49)50/h34-37,39-41,45,51-53H,5-33H2,1-4H3,(H,46,55)(H,47,56)(H,48,54)(H,49,50)/t34-,36+,37+,39+,40-,41-,45-/m0/s1. The zero-order valence-corrected chi connectivity index (χ0v) is 36.9. The highest BCUT2D eigenvalue weighted by Crippen LogP contribution is 2.23. The molecule has 3 amide bonds. The third-order valence-electron chi connectivity index (χ3n) is 11.6. The second-order valence-electron chi connectivity index (χ2n) is 16.7. The highest BCUT2D eigenvalue weighted by Gasteiger charge is 2.43. The monoisotopic (exact) mass is 828 g/mol. The molecule has 13 nitrogen and oxygen atoms in total. The number of aliphatic hydroxyl groups excluding tert-OH is 3. The number of unbranched alkanes of at least 4 members (excludes halogenated alkanes) is 22. The third-order valence-corrected chi connectivity index (χ3v) is 11.6. The van der Waals surface area contributed by atoms with Crippen molar-refractivity contribution >= 4 is 23.7 Å². The Labute approximate surface area is 350 Å². The number of amides is 3. The second kappa shape index (κ2) is 34.4. The summed E-state index contributed by atoms with van der Waals surface area (Å²) in [4.78, 5) is 51.7. The zero-order valence-electron chi connectivity index (χ0n) is 36.9. The van der Waals surface area contributed by atoms with E-state index in [9.17, 15) is 39.6 Å². The van der Waals surface area contributed by atoms with E-state index in [1.54, 1.807) is 0 Å². The minimum Gasteiger partial charge on any atom is -0.481 e. The number of hydrogen-bond acceptors (Lipinski definition) is 9. The summed E-state index contributed by atoms with van der Waals surface area (Å²) >= 11 is 0. The van der Waals surface area contributed by atoms with Gasteiger partial charge >= 0.3 is 5.97 Å². The lowest BCUT2D eigenvalue weighted by Crippen LogP contribution is -2.59. The second-order valence-corrected chi connectivity index (χ2v) is 16.7. The first kappa shape index (κ1) is 53.7. The van der Waals surface area contributed by atoms with E-state index in [4.69, 9.17) is 9.47 Å². The van der Waals surface area contributed by atoms with Gasteiger partial charge < -0.3 is 45.9 Å². The van der Waals surface area contributed by atoms with E-state index in [1.807, 2.05) is 0 Å². The molecule has 0 bridgehead atoms. The van der Waals surface area contributed by atoms with Gasteiger partial charge in [-0.3, -0.25) is 19.2 Å². The molecule has 7 atom stereocenters. The topological polar surface area (TPSA) is 204 Å². The Balaban J connectivity index is 2.93. The fraction of sp³-hybridized carbons (Fsp3) is 0.911. The molecule has 1 aliphatic heterocycles. The highest BCUT2D eigenvalue weighted by atomic mass is 16.7. The Kier molecular flexibility index (Phi) is 31.8. The number of aliphatic carboxylic acids is 1. The first-order valence-corrected chi connectivity index (χ1v) is 23.3. The van der Waals surface area contributed by atoms with Crippen LogP contribution in [-0.4, -0.2) is 101 Å². The van der Waals surface area contributed by atoms with Crippen molar-refractivity contribution in [3.63, 3.8) is 0 Å². The van der Waals surface area contributed by atoms with Crippen molar-refractivity contribution in [2.24, 2.45) is 5.92 Å². The van der Waals surface area contributed by atoms with E-state index in [0.717, 1.165) is 38.5 Å². The molecule has 1 rings (SSSR count). The van der Waals surface area contributed by atoms with Crippen LogP contribution in [0.5, 0.6) is 0 Å². The molecular formula is C45H85N3O10. The van der Waals surface area contributed by atoms with Gasteiger partial charge in [-0.05, 0) is 26.2 Å². The molecule has 1 aliphatic rings. The number of ether oxygens (including phenoxy) is 2. The summed E-state index contributed by atoms with van der Waals surface area (Å²) in [6.45, 7) is 5.51. The lowest BCUT2D eigenvalue weighted by molar-refractivity contribution is -0.293. The van der Waals surface area contributed by atoms with Crippen molar-refractivity contribution in [1.29, 1.82) is 0 Å². The number of hydrogen-bond donors (Lipinski definition) is 7. The Morgan fingerprint density at radius 3 is 1.38 bits per heavy atom. The first-order chi connectivity index (χ1) is 28.0. The summed E-state index contributed by atoms with van der Waals surface area (Å²) in [6.07, 6.45) is 23.1. The van der Waals surface area contributed by atoms with Crippen LogP contribution < -0.4 is 16.0 Å². The van der Waals surface area contributed by atoms with Gasteiger partial charge in [0.25, 0.3) is 0 Å². The van der Waals surface area contributed by atoms with Crippen molar-refractivity contribution in [3.05, 3.63) is 0 Å². The van der Waals surface area contributed by atoms with Crippen LogP contribution in [0.1, 0.15) is 201 Å². The smallest absolute Gasteiger partial charge is 0.303 e. The number of likely N-dealkylation sites (N-methyl/N-ethyl adjacent to an activating group) is 1. The minimum absolute atomic E-state index is 0.172. The summed E-state index contributed by atoms with van der Waals surface area (Å²) < 4.78 is 11.3. The van der Waals surface area contributed by atoms with Gasteiger partial charge in [0.1, 0.15) is 30.4 Å². The predicted molar refractivity (Wildman–Crippen MR) is 228 cm³/mol. The largest absolute Gasteiger partial charge is 0.481 e. The lowest BCUT2D eigenvalue weighted by Gasteiger charge is -2.39. The molecule has 13 heteroatoms. The molecule has 7 N–H and O–H groups in total. The van der Waals surface area contributed by atoms with E-state index in [0.29, 0.717) is 12.8 Å². The number of nitrogens with one attached hydrogen (secondary N) is 3. The van der Waals surface area contributed by atoms with E-state index in [2.05, 4.69) is 29.8 Å². The molecule has 0 spiro atoms. The molecule has 0 aromatic rings. The van der Waals surface area contributed by atoms with Gasteiger partial charge in [0, 0.05) is 19.4 Å². The maximum atomic E-state index is 14.0. The Morgan fingerprint density at radius 1 is 0.552 bits per heavy atom. The van der Waals surface area contributed by atoms with Gasteiger partial charge in [-0.15, -0.1) is 0 Å². The van der Waals surface area contributed by atoms with Gasteiger partial charge in [-0.1, -0.05) is 168 Å². The molecule has 0 aromatic carbocycles. The molecule has 58 heavy (non-hydrogen) atoms. The zero-order chi connectivity index (χ0) is 43.0. The number of aliphatic hydroxyl groups is 3. The van der Waals surface area contributed by atoms with Crippen LogP contribution in [0.2, 0.25) is 0 Å². The predicted octanol–water partition coefficient (Wildman–Crippen LogP) is 7.21. The summed E-state index contributed by atoms with van der Waals surface area (Å²) in [5.41, 5.74) is 0. The highest BCUT2D eigenvalue weighted by molar-refractivity contribution is 5.92. The molecule has 1 saturated heterocycles. The number of rotatable bonds is 37. The summed E-state index contributed by atoms with van der Waals surface area (Å²) in [6, 6.07) is -2.51. The average molecular weight is 828 g/mol. The van der Waals surface area contributed by atoms with Gasteiger partial charge in [0.2, 0.25) is 17.7 Å². The minimum atomic E-state index is -1.62. The molecule has 0 radical (unpaired) electrons. The molecule has 0 aromatic heterocycles. The number of carbonyl (C=O) groups excluding carboxylic acids is 3. The van der Waals surface area contributed by atoms with Crippen LogP contribution in [0.15, 0.2) is 0 Å². The molecule has 340 valence electrons. The molecular weight excluding hydrogens is 743 g/mol. The van der Waals surface area contributed by atoms with Gasteiger partial charge in [0.15, 0.2) is 6.29 Å². The summed E-state index contributed by atoms with van der Waals surface area (Å²) in [5, 5.41) is 48.1. The fourth-order valence-electron chi connectivity index (χ4n) is 7.67. The summed E-state index contributed by atoms with van der Waals surface area (Å²) in [7, 11) is 1.38. The fourth-order valence-corrected chi connectivity index (χ4v) is 7.67. The Hall–Kier alpha value is -2.32. The van der Waals surface area contributed by atoms with Crippen LogP contribution in [0, 0.1) is 5.92 Å². The quantitative estimate of drug-likeness (QED) is 0.0314. The van der Waals surface area contributed by atoms with Crippen molar-refractivity contribution in [2.75, 3.05) is 13.7 Å². The number of carboxylic acids is 1. The Morgan fingerprint density at radius 2 is 0.966 bits per heavy atom. The maximum Gasteiger partial charge on any atom is 0.303 e. The van der Waals surface area contributed by atoms with Crippen LogP contribution in [-0.2, 0) is 28.7 Å². The summed E-state index contributed by atoms with van der Waals surface area (Å²) in [5.74, 6) is -3.15. The molecule has 1 fully saturated rings. The number of carboxylic acid groups (broad SMARTS) is 1. The van der Waals surface area contributed by atoms with Crippen molar-refractivity contribution < 1.29 is 49.1 Å². The van der Waals surface area contributed by atoms with Crippen molar-refractivity contribution in [1.82, 2.24) is 16.0 Å². The first-order valence-electron chi connectivity index (χ1n) is 23.3. The third kappa shape index (κ3) is 24.7. The van der Waals surface area contributed by atoms with Crippen LogP contribution in [0.25, 0.3) is 0 Å². The molecule has 0 aliphatic carbocycles. The van der Waals surface area contributed by atoms with Gasteiger partial charge in [0.05, 0.1) is 12.7 Å². The SMILES string of the molecule is CCCCCCCCCCCCCCC(CCCCCCCCCCCCCC)C(=O)N[C@H](CO[C@H]1O[C@@H](C)[C@@H](O)[C@H](O)[C@@H]1O)C(=O)N[C@H](CCC(=O)O)C(=O)NC. The van der Waals surface area contributed by atoms with Gasteiger partial charge in [-0.2, -0.15) is 0 Å². The molecule has 1 heterocycles. The normalized spacial score (nSPS) is 20.4. The molecule has 0 unspecified atom stereocenters. The van der Waals surface area contributed by atoms with E-state index < -0.39 is 67.2 Å². The lowest BCUT2D eigenvalue weighted by atomic mass is 9.92. The Bertz CT molecular complexity index is 1050. The van der Waals surface area contributed by atoms with Crippen LogP contribution in [0.4, 0.5) is 0 Å². The van der Waals surface area contributed by atoms with Crippen LogP contribution >= 0.6 is 0 Å². The molecule has 0 saturated carbocycles. The van der Waals surface area contributed by atoms with Gasteiger partial charge in [-0.25, -0.2) is 0 Å².